The van der Waals surface area contributed by atoms with Gasteiger partial charge in [0.25, 0.3) is 5.91 Å². The summed E-state index contributed by atoms with van der Waals surface area (Å²) in [6.45, 7) is 0.491. The van der Waals surface area contributed by atoms with Crippen LogP contribution in [0.4, 0.5) is 0 Å². The zero-order valence-electron chi connectivity index (χ0n) is 15.1. The molecule has 3 heterocycles. The molecule has 6 nitrogen and oxygen atoms in total. The molecule has 3 aromatic rings. The number of fused-ring (bicyclic) bond motifs is 1. The molecule has 0 saturated carbocycles. The number of thiophene rings is 1. The third-order valence-corrected chi connectivity index (χ3v) is 6.41. The van der Waals surface area contributed by atoms with Gasteiger partial charge in [0.2, 0.25) is 0 Å². The lowest BCUT2D eigenvalue weighted by molar-refractivity contribution is -0.150. The molecule has 28 heavy (non-hydrogen) atoms. The van der Waals surface area contributed by atoms with Crippen LogP contribution in [-0.2, 0) is 14.3 Å². The monoisotopic (exact) mass is 413 g/mol. The average molecular weight is 414 g/mol. The fourth-order valence-corrected chi connectivity index (χ4v) is 4.76. The Labute approximate surface area is 170 Å². The average Bonchev–Trinajstić information content (AvgIpc) is 3.41. The summed E-state index contributed by atoms with van der Waals surface area (Å²) in [5, 5.41) is 2.67. The van der Waals surface area contributed by atoms with Crippen LogP contribution in [0.1, 0.15) is 23.8 Å². The smallest absolute Gasteiger partial charge is 0.316 e. The maximum atomic E-state index is 12.5. The molecule has 0 radical (unpaired) electrons. The second kappa shape index (κ2) is 8.70. The van der Waals surface area contributed by atoms with E-state index in [1.807, 2.05) is 46.7 Å². The number of carbonyl (C=O) groups is 2. The molecular weight excluding hydrogens is 394 g/mol. The van der Waals surface area contributed by atoms with E-state index in [1.54, 1.807) is 17.5 Å². The molecule has 144 valence electrons. The third-order valence-electron chi connectivity index (χ3n) is 4.57. The second-order valence-electron chi connectivity index (χ2n) is 6.41. The van der Waals surface area contributed by atoms with Crippen LogP contribution in [0.15, 0.2) is 53.0 Å². The van der Waals surface area contributed by atoms with Gasteiger partial charge in [-0.2, -0.15) is 0 Å². The lowest BCUT2D eigenvalue weighted by atomic mass is 10.2. The number of thioether (sulfide) groups is 1. The van der Waals surface area contributed by atoms with Gasteiger partial charge in [-0.3, -0.25) is 14.6 Å². The topological polar surface area (TPSA) is 72.4 Å². The summed E-state index contributed by atoms with van der Waals surface area (Å²) in [7, 11) is 0. The highest BCUT2D eigenvalue weighted by molar-refractivity contribution is 7.99. The Morgan fingerprint density at radius 2 is 2.07 bits per heavy atom. The molecule has 0 spiro atoms. The maximum absolute atomic E-state index is 12.5. The number of likely N-dealkylation sites (tertiary alicyclic amines) is 1. The molecule has 1 atom stereocenters. The number of nitrogens with zero attached hydrogens (tertiary/aromatic N) is 3. The van der Waals surface area contributed by atoms with Gasteiger partial charge in [-0.25, -0.2) is 4.98 Å². The van der Waals surface area contributed by atoms with E-state index in [1.165, 1.54) is 16.6 Å². The van der Waals surface area contributed by atoms with Gasteiger partial charge in [0.15, 0.2) is 6.61 Å². The first kappa shape index (κ1) is 18.9. The Bertz CT molecular complexity index is 978. The number of benzene rings is 1. The van der Waals surface area contributed by atoms with Gasteiger partial charge in [0, 0.05) is 11.4 Å². The molecule has 1 fully saturated rings. The lowest BCUT2D eigenvalue weighted by Crippen LogP contribution is -2.34. The number of esters is 1. The van der Waals surface area contributed by atoms with Crippen LogP contribution in [-0.4, -0.2) is 45.6 Å². The lowest BCUT2D eigenvalue weighted by Gasteiger charge is -2.23. The number of ether oxygens (including phenoxy) is 1. The molecule has 1 amide bonds. The van der Waals surface area contributed by atoms with Crippen LogP contribution >= 0.6 is 23.1 Å². The highest BCUT2D eigenvalue weighted by Gasteiger charge is 2.30. The normalized spacial score (nSPS) is 16.4. The van der Waals surface area contributed by atoms with E-state index >= 15 is 0 Å². The van der Waals surface area contributed by atoms with Crippen molar-refractivity contribution in [1.82, 2.24) is 14.9 Å². The number of para-hydroxylation sites is 2. The zero-order valence-corrected chi connectivity index (χ0v) is 16.7. The van der Waals surface area contributed by atoms with E-state index < -0.39 is 5.97 Å². The predicted molar refractivity (Wildman–Crippen MR) is 109 cm³/mol. The first-order valence-corrected chi connectivity index (χ1v) is 10.9. The largest absolute Gasteiger partial charge is 0.455 e. The highest BCUT2D eigenvalue weighted by atomic mass is 32.2. The molecule has 1 unspecified atom stereocenters. The zero-order chi connectivity index (χ0) is 19.3. The molecule has 1 aliphatic rings. The third kappa shape index (κ3) is 4.34. The summed E-state index contributed by atoms with van der Waals surface area (Å²) >= 11 is 2.91. The maximum Gasteiger partial charge on any atom is 0.316 e. The summed E-state index contributed by atoms with van der Waals surface area (Å²) < 4.78 is 5.20. The van der Waals surface area contributed by atoms with Gasteiger partial charge in [-0.15, -0.1) is 11.3 Å². The number of aromatic nitrogens is 2. The van der Waals surface area contributed by atoms with Crippen LogP contribution in [0, 0.1) is 0 Å². The van der Waals surface area contributed by atoms with E-state index in [2.05, 4.69) is 9.97 Å². The van der Waals surface area contributed by atoms with Crippen molar-refractivity contribution in [3.8, 4) is 0 Å². The molecule has 0 bridgehead atoms. The fraction of sp³-hybridized carbons (Fsp3) is 0.300. The molecule has 4 rings (SSSR count). The molecule has 0 N–H and O–H groups in total. The molecule has 1 aliphatic heterocycles. The summed E-state index contributed by atoms with van der Waals surface area (Å²) in [5.74, 6) is -0.478. The van der Waals surface area contributed by atoms with E-state index in [-0.39, 0.29) is 24.3 Å². The van der Waals surface area contributed by atoms with Crippen molar-refractivity contribution in [2.24, 2.45) is 0 Å². The number of carbonyl (C=O) groups excluding carboxylic acids is 2. The summed E-state index contributed by atoms with van der Waals surface area (Å²) in [5.41, 5.74) is 1.59. The van der Waals surface area contributed by atoms with Gasteiger partial charge in [-0.05, 0) is 36.4 Å². The van der Waals surface area contributed by atoms with Crippen molar-refractivity contribution in [2.75, 3.05) is 18.9 Å². The van der Waals surface area contributed by atoms with Crippen LogP contribution < -0.4 is 0 Å². The van der Waals surface area contributed by atoms with E-state index in [9.17, 15) is 9.59 Å². The van der Waals surface area contributed by atoms with Gasteiger partial charge in [-0.1, -0.05) is 30.0 Å². The van der Waals surface area contributed by atoms with Crippen LogP contribution in [0.2, 0.25) is 0 Å². The summed E-state index contributed by atoms with van der Waals surface area (Å²) in [6.07, 6.45) is 3.57. The Morgan fingerprint density at radius 1 is 1.21 bits per heavy atom. The van der Waals surface area contributed by atoms with Crippen LogP contribution in [0.5, 0.6) is 0 Å². The highest BCUT2D eigenvalue weighted by Crippen LogP contribution is 2.34. The fourth-order valence-electron chi connectivity index (χ4n) is 3.25. The van der Waals surface area contributed by atoms with Crippen LogP contribution in [0.25, 0.3) is 11.0 Å². The van der Waals surface area contributed by atoms with Gasteiger partial charge >= 0.3 is 5.97 Å². The van der Waals surface area contributed by atoms with Gasteiger partial charge in [0.1, 0.15) is 5.03 Å². The Morgan fingerprint density at radius 3 is 2.89 bits per heavy atom. The first-order chi connectivity index (χ1) is 13.7. The number of hydrogen-bond donors (Lipinski definition) is 0. The quantitative estimate of drug-likeness (QED) is 0.453. The standard InChI is InChI=1S/C20H19N3O3S2/c24-19(23-9-3-7-16(23)17-8-4-10-27-17)12-26-20(25)13-28-18-11-21-14-5-1-2-6-15(14)22-18/h1-2,4-6,8,10-11,16H,3,7,9,12-13H2. The molecule has 0 aliphatic carbocycles. The van der Waals surface area contributed by atoms with Gasteiger partial charge < -0.3 is 9.64 Å². The number of rotatable bonds is 6. The SMILES string of the molecule is O=C(CSc1cnc2ccccc2n1)OCC(=O)N1CCCC1c1cccs1. The van der Waals surface area contributed by atoms with Gasteiger partial charge in [0.05, 0.1) is 29.0 Å². The van der Waals surface area contributed by atoms with Crippen molar-refractivity contribution in [1.29, 1.82) is 0 Å². The minimum Gasteiger partial charge on any atom is -0.455 e. The number of hydrogen-bond acceptors (Lipinski definition) is 7. The molecule has 1 saturated heterocycles. The van der Waals surface area contributed by atoms with E-state index in [0.717, 1.165) is 23.9 Å². The predicted octanol–water partition coefficient (Wildman–Crippen LogP) is 3.69. The Hall–Kier alpha value is -2.45. The molecule has 1 aromatic carbocycles. The minimum absolute atomic E-state index is 0.0919. The summed E-state index contributed by atoms with van der Waals surface area (Å²) in [4.78, 5) is 36.3. The van der Waals surface area contributed by atoms with Crippen molar-refractivity contribution >= 4 is 46.0 Å². The van der Waals surface area contributed by atoms with Crippen molar-refractivity contribution in [3.05, 3.63) is 52.9 Å². The van der Waals surface area contributed by atoms with E-state index in [4.69, 9.17) is 4.74 Å². The molecule has 8 heteroatoms. The summed E-state index contributed by atoms with van der Waals surface area (Å²) in [6, 6.07) is 11.7. The second-order valence-corrected chi connectivity index (χ2v) is 8.38. The minimum atomic E-state index is -0.430. The van der Waals surface area contributed by atoms with Crippen molar-refractivity contribution < 1.29 is 14.3 Å². The van der Waals surface area contributed by atoms with E-state index in [0.29, 0.717) is 11.6 Å². The van der Waals surface area contributed by atoms with Crippen LogP contribution in [0.3, 0.4) is 0 Å². The number of amides is 1. The first-order valence-electron chi connectivity index (χ1n) is 9.04. The Balaban J connectivity index is 1.27. The molecular formula is C20H19N3O3S2. The molecule has 2 aromatic heterocycles. The van der Waals surface area contributed by atoms with Crippen molar-refractivity contribution in [3.63, 3.8) is 0 Å². The Kier molecular flexibility index (Phi) is 5.87. The van der Waals surface area contributed by atoms with Crippen molar-refractivity contribution in [2.45, 2.75) is 23.9 Å².